The predicted molar refractivity (Wildman–Crippen MR) is 120 cm³/mol. The van der Waals surface area contributed by atoms with Crippen LogP contribution in [0.2, 0.25) is 0 Å². The number of alkyl carbamates (subject to hydrolysis) is 1. The van der Waals surface area contributed by atoms with Crippen LogP contribution in [-0.4, -0.2) is 30.3 Å². The molecule has 1 aromatic heterocycles. The second-order valence-electron chi connectivity index (χ2n) is 7.04. The van der Waals surface area contributed by atoms with Gasteiger partial charge in [-0.15, -0.1) is 23.1 Å². The maximum absolute atomic E-state index is 13.0. The summed E-state index contributed by atoms with van der Waals surface area (Å²) in [5.41, 5.74) is 1.29. The second-order valence-corrected chi connectivity index (χ2v) is 9.32. The van der Waals surface area contributed by atoms with Crippen molar-refractivity contribution in [2.45, 2.75) is 50.3 Å². The van der Waals surface area contributed by atoms with Gasteiger partial charge in [-0.2, -0.15) is 0 Å². The third-order valence-corrected chi connectivity index (χ3v) is 7.08. The molecular formula is C22H25FN2O4S2. The predicted octanol–water partition coefficient (Wildman–Crippen LogP) is 5.16. The number of benzene rings is 1. The van der Waals surface area contributed by atoms with E-state index in [-0.39, 0.29) is 18.3 Å². The Morgan fingerprint density at radius 3 is 2.65 bits per heavy atom. The van der Waals surface area contributed by atoms with Gasteiger partial charge in [0, 0.05) is 16.2 Å². The van der Waals surface area contributed by atoms with E-state index >= 15 is 0 Å². The fourth-order valence-corrected chi connectivity index (χ4v) is 5.52. The number of amides is 3. The maximum Gasteiger partial charge on any atom is 0.414 e. The van der Waals surface area contributed by atoms with E-state index in [1.807, 2.05) is 0 Å². The van der Waals surface area contributed by atoms with Crippen LogP contribution in [0, 0.1) is 5.82 Å². The molecule has 1 heterocycles. The lowest BCUT2D eigenvalue weighted by Gasteiger charge is -2.13. The molecule has 0 aliphatic heterocycles. The quantitative estimate of drug-likeness (QED) is 0.416. The second kappa shape index (κ2) is 11.3. The zero-order valence-electron chi connectivity index (χ0n) is 17.3. The van der Waals surface area contributed by atoms with Crippen molar-refractivity contribution in [1.29, 1.82) is 0 Å². The molecule has 0 radical (unpaired) electrons. The minimum absolute atomic E-state index is 0.167. The molecule has 166 valence electrons. The molecule has 2 N–H and O–H groups in total. The van der Waals surface area contributed by atoms with E-state index in [2.05, 4.69) is 10.6 Å². The number of anilines is 1. The lowest BCUT2D eigenvalue weighted by molar-refractivity contribution is -0.116. The molecular weight excluding hydrogens is 439 g/mol. The Hall–Kier alpha value is -2.39. The van der Waals surface area contributed by atoms with Gasteiger partial charge in [0.25, 0.3) is 5.91 Å². The van der Waals surface area contributed by atoms with Crippen LogP contribution in [0.5, 0.6) is 0 Å². The van der Waals surface area contributed by atoms with Crippen molar-refractivity contribution in [2.24, 2.45) is 0 Å². The monoisotopic (exact) mass is 464 g/mol. The number of hydrogen-bond donors (Lipinski definition) is 2. The van der Waals surface area contributed by atoms with Crippen molar-refractivity contribution in [3.8, 4) is 0 Å². The van der Waals surface area contributed by atoms with Crippen LogP contribution >= 0.6 is 23.1 Å². The summed E-state index contributed by atoms with van der Waals surface area (Å²) >= 11 is 2.97. The molecule has 0 saturated heterocycles. The first-order valence-electron chi connectivity index (χ1n) is 10.3. The molecule has 6 nitrogen and oxygen atoms in total. The highest BCUT2D eigenvalue weighted by Gasteiger charge is 2.27. The Morgan fingerprint density at radius 2 is 1.90 bits per heavy atom. The SMILES string of the molecule is CCOC(=O)NC(=O)c1c(NC(=O)CCCSc2ccc(F)cc2)sc2c1CCCC2. The van der Waals surface area contributed by atoms with Crippen LogP contribution in [0.25, 0.3) is 0 Å². The van der Waals surface area contributed by atoms with E-state index in [0.29, 0.717) is 23.4 Å². The highest BCUT2D eigenvalue weighted by molar-refractivity contribution is 7.99. The molecule has 0 atom stereocenters. The first-order valence-corrected chi connectivity index (χ1v) is 12.1. The molecule has 1 aliphatic rings. The molecule has 0 fully saturated rings. The third kappa shape index (κ3) is 6.54. The van der Waals surface area contributed by atoms with Crippen molar-refractivity contribution in [1.82, 2.24) is 5.32 Å². The van der Waals surface area contributed by atoms with Gasteiger partial charge in [-0.05, 0) is 74.6 Å². The first-order chi connectivity index (χ1) is 15.0. The summed E-state index contributed by atoms with van der Waals surface area (Å²) < 4.78 is 17.8. The number of fused-ring (bicyclic) bond motifs is 1. The molecule has 0 unspecified atom stereocenters. The molecule has 31 heavy (non-hydrogen) atoms. The zero-order valence-corrected chi connectivity index (χ0v) is 18.9. The number of ether oxygens (including phenoxy) is 1. The van der Waals surface area contributed by atoms with Crippen LogP contribution in [0.4, 0.5) is 14.2 Å². The number of carbonyl (C=O) groups is 3. The first kappa shape index (κ1) is 23.3. The molecule has 1 aromatic carbocycles. The fourth-order valence-electron chi connectivity index (χ4n) is 3.36. The number of aryl methyl sites for hydroxylation is 1. The van der Waals surface area contributed by atoms with Crippen molar-refractivity contribution < 1.29 is 23.5 Å². The smallest absolute Gasteiger partial charge is 0.414 e. The number of rotatable bonds is 8. The highest BCUT2D eigenvalue weighted by atomic mass is 32.2. The standard InChI is InChI=1S/C22H25FN2O4S2/c1-2-29-22(28)25-20(27)19-16-6-3-4-7-17(16)31-21(19)24-18(26)8-5-13-30-15-11-9-14(23)10-12-15/h9-12H,2-8,13H2,1H3,(H,24,26)(H,25,27,28). The Kier molecular flexibility index (Phi) is 8.48. The maximum atomic E-state index is 13.0. The van der Waals surface area contributed by atoms with E-state index in [1.165, 1.54) is 23.5 Å². The molecule has 0 spiro atoms. The zero-order chi connectivity index (χ0) is 22.2. The van der Waals surface area contributed by atoms with E-state index in [1.54, 1.807) is 30.8 Å². The highest BCUT2D eigenvalue weighted by Crippen LogP contribution is 2.38. The molecule has 9 heteroatoms. The summed E-state index contributed by atoms with van der Waals surface area (Å²) in [5, 5.41) is 5.61. The summed E-state index contributed by atoms with van der Waals surface area (Å²) in [4.78, 5) is 38.9. The number of carbonyl (C=O) groups excluding carboxylic acids is 3. The number of hydrogen-bond acceptors (Lipinski definition) is 6. The average Bonchev–Trinajstić information content (AvgIpc) is 3.10. The topological polar surface area (TPSA) is 84.5 Å². The van der Waals surface area contributed by atoms with Crippen LogP contribution < -0.4 is 10.6 Å². The molecule has 3 rings (SSSR count). The average molecular weight is 465 g/mol. The number of nitrogens with one attached hydrogen (secondary N) is 2. The summed E-state index contributed by atoms with van der Waals surface area (Å²) in [6.07, 6.45) is 3.78. The molecule has 1 aliphatic carbocycles. The van der Waals surface area contributed by atoms with Crippen LogP contribution in [0.15, 0.2) is 29.2 Å². The van der Waals surface area contributed by atoms with Crippen molar-refractivity contribution in [3.05, 3.63) is 46.1 Å². The van der Waals surface area contributed by atoms with E-state index in [0.717, 1.165) is 46.8 Å². The van der Waals surface area contributed by atoms with Crippen LogP contribution in [0.1, 0.15) is 53.4 Å². The van der Waals surface area contributed by atoms with Crippen molar-refractivity contribution >= 4 is 46.0 Å². The van der Waals surface area contributed by atoms with Gasteiger partial charge in [0.05, 0.1) is 12.2 Å². The van der Waals surface area contributed by atoms with E-state index in [4.69, 9.17) is 4.74 Å². The Bertz CT molecular complexity index is 944. The van der Waals surface area contributed by atoms with Gasteiger partial charge < -0.3 is 10.1 Å². The van der Waals surface area contributed by atoms with Gasteiger partial charge in [0.1, 0.15) is 10.8 Å². The summed E-state index contributed by atoms with van der Waals surface area (Å²) in [6.45, 7) is 1.83. The molecule has 0 saturated carbocycles. The lowest BCUT2D eigenvalue weighted by atomic mass is 9.95. The van der Waals surface area contributed by atoms with Crippen molar-refractivity contribution in [3.63, 3.8) is 0 Å². The van der Waals surface area contributed by atoms with E-state index < -0.39 is 12.0 Å². The Labute approximate surface area is 188 Å². The number of thioether (sulfide) groups is 1. The van der Waals surface area contributed by atoms with Crippen molar-refractivity contribution in [2.75, 3.05) is 17.7 Å². The summed E-state index contributed by atoms with van der Waals surface area (Å²) in [5.74, 6) is -0.274. The summed E-state index contributed by atoms with van der Waals surface area (Å²) in [6, 6.07) is 6.25. The summed E-state index contributed by atoms with van der Waals surface area (Å²) in [7, 11) is 0. The largest absolute Gasteiger partial charge is 0.450 e. The van der Waals surface area contributed by atoms with Gasteiger partial charge in [0.15, 0.2) is 0 Å². The molecule has 3 amide bonds. The van der Waals surface area contributed by atoms with Gasteiger partial charge in [-0.1, -0.05) is 0 Å². The van der Waals surface area contributed by atoms with Crippen LogP contribution in [0.3, 0.4) is 0 Å². The minimum Gasteiger partial charge on any atom is -0.450 e. The van der Waals surface area contributed by atoms with Gasteiger partial charge in [-0.25, -0.2) is 9.18 Å². The van der Waals surface area contributed by atoms with E-state index in [9.17, 15) is 18.8 Å². The van der Waals surface area contributed by atoms with Gasteiger partial charge in [-0.3, -0.25) is 14.9 Å². The third-order valence-electron chi connectivity index (χ3n) is 4.77. The normalized spacial score (nSPS) is 12.7. The lowest BCUT2D eigenvalue weighted by Crippen LogP contribution is -2.32. The molecule has 0 bridgehead atoms. The Morgan fingerprint density at radius 1 is 1.16 bits per heavy atom. The van der Waals surface area contributed by atoms with Gasteiger partial charge in [0.2, 0.25) is 5.91 Å². The van der Waals surface area contributed by atoms with Crippen LogP contribution in [-0.2, 0) is 22.4 Å². The number of thiophene rings is 1. The number of imide groups is 1. The fraction of sp³-hybridized carbons (Fsp3) is 0.409. The molecule has 2 aromatic rings. The minimum atomic E-state index is -0.793. The number of halogens is 1. The van der Waals surface area contributed by atoms with Gasteiger partial charge >= 0.3 is 6.09 Å². The Balaban J connectivity index is 1.59.